The summed E-state index contributed by atoms with van der Waals surface area (Å²) in [5.74, 6) is -0.265. The zero-order valence-corrected chi connectivity index (χ0v) is 11.1. The Labute approximate surface area is 112 Å². The number of ether oxygens (including phenoxy) is 2. The fourth-order valence-corrected chi connectivity index (χ4v) is 1.67. The molecular weight excluding hydrogens is 250 g/mol. The first-order chi connectivity index (χ1) is 9.06. The van der Waals surface area contributed by atoms with E-state index >= 15 is 0 Å². The molecule has 0 aliphatic rings. The van der Waals surface area contributed by atoms with Crippen molar-refractivity contribution in [3.05, 3.63) is 23.8 Å². The van der Waals surface area contributed by atoms with Crippen LogP contribution >= 0.6 is 0 Å². The molecule has 0 spiro atoms. The quantitative estimate of drug-likeness (QED) is 0.731. The summed E-state index contributed by atoms with van der Waals surface area (Å²) in [6.45, 7) is 1.15. The van der Waals surface area contributed by atoms with E-state index in [-0.39, 0.29) is 12.3 Å². The Kier molecular flexibility index (Phi) is 6.11. The van der Waals surface area contributed by atoms with Crippen molar-refractivity contribution in [2.75, 3.05) is 33.9 Å². The lowest BCUT2D eigenvalue weighted by molar-refractivity contribution is -0.138. The third-order valence-electron chi connectivity index (χ3n) is 2.66. The Balaban J connectivity index is 2.74. The van der Waals surface area contributed by atoms with Crippen LogP contribution in [0.4, 0.5) is 0 Å². The number of hydrogen-bond donors (Lipinski definition) is 2. The van der Waals surface area contributed by atoms with Gasteiger partial charge in [0.15, 0.2) is 0 Å². The third kappa shape index (κ3) is 5.15. The van der Waals surface area contributed by atoms with E-state index in [1.807, 2.05) is 0 Å². The van der Waals surface area contributed by atoms with Crippen molar-refractivity contribution >= 4 is 5.97 Å². The first-order valence-corrected chi connectivity index (χ1v) is 5.85. The molecular formula is C13H19NO5. The molecule has 0 aliphatic heterocycles. The van der Waals surface area contributed by atoms with Gasteiger partial charge in [0.2, 0.25) is 0 Å². The van der Waals surface area contributed by atoms with Crippen LogP contribution in [0, 0.1) is 0 Å². The minimum absolute atomic E-state index is 0.0900. The van der Waals surface area contributed by atoms with Crippen LogP contribution in [0.5, 0.6) is 11.5 Å². The predicted molar refractivity (Wildman–Crippen MR) is 69.4 cm³/mol. The van der Waals surface area contributed by atoms with Crippen LogP contribution in [0.3, 0.4) is 0 Å². The van der Waals surface area contributed by atoms with Crippen LogP contribution < -0.4 is 4.74 Å². The van der Waals surface area contributed by atoms with Gasteiger partial charge in [0.1, 0.15) is 11.5 Å². The number of phenols is 1. The van der Waals surface area contributed by atoms with Gasteiger partial charge >= 0.3 is 5.97 Å². The van der Waals surface area contributed by atoms with Crippen LogP contribution in [0.2, 0.25) is 0 Å². The molecule has 6 nitrogen and oxygen atoms in total. The van der Waals surface area contributed by atoms with Gasteiger partial charge in [-0.25, -0.2) is 0 Å². The number of methoxy groups -OCH3 is 2. The molecule has 0 atom stereocenters. The standard InChI is InChI=1S/C13H19NO5/c1-18-6-5-14(9-13(16)17)8-10-3-4-11(19-2)7-12(10)15/h3-4,7,15H,5-6,8-9H2,1-2H3,(H,16,17). The lowest BCUT2D eigenvalue weighted by atomic mass is 10.1. The maximum Gasteiger partial charge on any atom is 0.317 e. The zero-order valence-electron chi connectivity index (χ0n) is 11.1. The van der Waals surface area contributed by atoms with Gasteiger partial charge in [0.25, 0.3) is 0 Å². The van der Waals surface area contributed by atoms with E-state index in [0.29, 0.717) is 31.0 Å². The summed E-state index contributed by atoms with van der Waals surface area (Å²) < 4.78 is 9.94. The van der Waals surface area contributed by atoms with E-state index in [0.717, 1.165) is 0 Å². The van der Waals surface area contributed by atoms with E-state index in [1.54, 1.807) is 24.1 Å². The number of phenolic OH excluding ortho intramolecular Hbond substituents is 1. The molecule has 0 radical (unpaired) electrons. The van der Waals surface area contributed by atoms with Crippen LogP contribution in [-0.4, -0.2) is 55.0 Å². The summed E-state index contributed by atoms with van der Waals surface area (Å²) in [5.41, 5.74) is 0.651. The topological polar surface area (TPSA) is 79.2 Å². The highest BCUT2D eigenvalue weighted by Crippen LogP contribution is 2.24. The monoisotopic (exact) mass is 269 g/mol. The SMILES string of the molecule is COCCN(CC(=O)O)Cc1ccc(OC)cc1O. The minimum atomic E-state index is -0.913. The fraction of sp³-hybridized carbons (Fsp3) is 0.462. The van der Waals surface area contributed by atoms with Gasteiger partial charge < -0.3 is 19.7 Å². The molecule has 0 heterocycles. The highest BCUT2D eigenvalue weighted by molar-refractivity contribution is 5.69. The Hall–Kier alpha value is -1.79. The summed E-state index contributed by atoms with van der Waals surface area (Å²) in [4.78, 5) is 12.5. The third-order valence-corrected chi connectivity index (χ3v) is 2.66. The van der Waals surface area contributed by atoms with Gasteiger partial charge in [-0.2, -0.15) is 0 Å². The predicted octanol–water partition coefficient (Wildman–Crippen LogP) is 0.934. The molecule has 0 amide bonds. The normalized spacial score (nSPS) is 10.7. The van der Waals surface area contributed by atoms with Crippen molar-refractivity contribution in [3.8, 4) is 11.5 Å². The van der Waals surface area contributed by atoms with Crippen LogP contribution in [0.1, 0.15) is 5.56 Å². The van der Waals surface area contributed by atoms with E-state index in [1.165, 1.54) is 13.2 Å². The van der Waals surface area contributed by atoms with E-state index in [9.17, 15) is 9.90 Å². The van der Waals surface area contributed by atoms with Crippen molar-refractivity contribution in [1.82, 2.24) is 4.90 Å². The summed E-state index contributed by atoms with van der Waals surface area (Å²) in [5, 5.41) is 18.7. The average Bonchev–Trinajstić information content (AvgIpc) is 2.37. The largest absolute Gasteiger partial charge is 0.507 e. The van der Waals surface area contributed by atoms with Gasteiger partial charge in [-0.1, -0.05) is 6.07 Å². The Bertz CT molecular complexity index is 421. The number of rotatable bonds is 8. The first-order valence-electron chi connectivity index (χ1n) is 5.85. The second kappa shape index (κ2) is 7.60. The molecule has 0 saturated carbocycles. The molecule has 0 saturated heterocycles. The van der Waals surface area contributed by atoms with Crippen molar-refractivity contribution < 1.29 is 24.5 Å². The maximum absolute atomic E-state index is 10.8. The summed E-state index contributed by atoms with van der Waals surface area (Å²) >= 11 is 0. The summed E-state index contributed by atoms with van der Waals surface area (Å²) in [6, 6.07) is 4.95. The van der Waals surface area contributed by atoms with E-state index in [4.69, 9.17) is 14.6 Å². The van der Waals surface area contributed by atoms with Gasteiger partial charge in [-0.3, -0.25) is 9.69 Å². The molecule has 0 fully saturated rings. The fourth-order valence-electron chi connectivity index (χ4n) is 1.67. The number of hydrogen-bond acceptors (Lipinski definition) is 5. The highest BCUT2D eigenvalue weighted by atomic mass is 16.5. The van der Waals surface area contributed by atoms with Crippen LogP contribution in [0.25, 0.3) is 0 Å². The van der Waals surface area contributed by atoms with Gasteiger partial charge in [-0.15, -0.1) is 0 Å². The number of nitrogens with zero attached hydrogens (tertiary/aromatic N) is 1. The second-order valence-corrected chi connectivity index (χ2v) is 4.09. The Morgan fingerprint density at radius 2 is 2.11 bits per heavy atom. The smallest absolute Gasteiger partial charge is 0.317 e. The van der Waals surface area contributed by atoms with Crippen molar-refractivity contribution in [2.24, 2.45) is 0 Å². The van der Waals surface area contributed by atoms with Gasteiger partial charge in [0, 0.05) is 31.8 Å². The van der Waals surface area contributed by atoms with Crippen molar-refractivity contribution in [3.63, 3.8) is 0 Å². The molecule has 6 heteroatoms. The summed E-state index contributed by atoms with van der Waals surface area (Å²) in [7, 11) is 3.08. The number of aliphatic carboxylic acids is 1. The first kappa shape index (κ1) is 15.3. The average molecular weight is 269 g/mol. The highest BCUT2D eigenvalue weighted by Gasteiger charge is 2.12. The molecule has 1 rings (SSSR count). The lowest BCUT2D eigenvalue weighted by Gasteiger charge is -2.20. The van der Waals surface area contributed by atoms with E-state index in [2.05, 4.69) is 0 Å². The van der Waals surface area contributed by atoms with Gasteiger partial charge in [-0.05, 0) is 6.07 Å². The van der Waals surface area contributed by atoms with Crippen LogP contribution in [0.15, 0.2) is 18.2 Å². The van der Waals surface area contributed by atoms with Crippen molar-refractivity contribution in [2.45, 2.75) is 6.54 Å². The molecule has 0 bridgehead atoms. The second-order valence-electron chi connectivity index (χ2n) is 4.09. The minimum Gasteiger partial charge on any atom is -0.507 e. The molecule has 106 valence electrons. The Morgan fingerprint density at radius 1 is 1.37 bits per heavy atom. The zero-order chi connectivity index (χ0) is 14.3. The molecule has 0 unspecified atom stereocenters. The Morgan fingerprint density at radius 3 is 2.63 bits per heavy atom. The molecule has 0 aromatic heterocycles. The van der Waals surface area contributed by atoms with Gasteiger partial charge in [0.05, 0.1) is 20.3 Å². The summed E-state index contributed by atoms with van der Waals surface area (Å²) in [6.07, 6.45) is 0. The maximum atomic E-state index is 10.8. The number of carbonyl (C=O) groups is 1. The molecule has 1 aromatic carbocycles. The number of aromatic hydroxyl groups is 1. The molecule has 0 aliphatic carbocycles. The molecule has 19 heavy (non-hydrogen) atoms. The lowest BCUT2D eigenvalue weighted by Crippen LogP contribution is -2.32. The van der Waals surface area contributed by atoms with Crippen LogP contribution in [-0.2, 0) is 16.1 Å². The molecule has 1 aromatic rings. The number of carboxylic acid groups (broad SMARTS) is 1. The van der Waals surface area contributed by atoms with E-state index < -0.39 is 5.97 Å². The molecule has 2 N–H and O–H groups in total. The number of benzene rings is 1. The van der Waals surface area contributed by atoms with Crippen molar-refractivity contribution in [1.29, 1.82) is 0 Å². The number of carboxylic acids is 1.